The highest BCUT2D eigenvalue weighted by molar-refractivity contribution is 6.41. The van der Waals surface area contributed by atoms with E-state index in [1.807, 2.05) is 43.3 Å². The third-order valence-corrected chi connectivity index (χ3v) is 3.69. The standard InChI is InChI=1S/C15H10Cl2N2/c1-9-5-2-3-6-10(9)12-13(16)14-11(19-15(12)17)7-4-8-18-14/h2-8H,1H3. The molecule has 2 nitrogen and oxygen atoms in total. The van der Waals surface area contributed by atoms with Gasteiger partial charge in [0.15, 0.2) is 0 Å². The Morgan fingerprint density at radius 2 is 1.79 bits per heavy atom. The van der Waals surface area contributed by atoms with Gasteiger partial charge in [-0.1, -0.05) is 47.5 Å². The van der Waals surface area contributed by atoms with Crippen LogP contribution in [0.5, 0.6) is 0 Å². The van der Waals surface area contributed by atoms with Gasteiger partial charge in [-0.3, -0.25) is 4.98 Å². The number of fused-ring (bicyclic) bond motifs is 1. The van der Waals surface area contributed by atoms with E-state index < -0.39 is 0 Å². The Kier molecular flexibility index (Phi) is 3.13. The Bertz CT molecular complexity index is 769. The van der Waals surface area contributed by atoms with Crippen molar-refractivity contribution in [2.24, 2.45) is 0 Å². The van der Waals surface area contributed by atoms with Crippen LogP contribution in [0.15, 0.2) is 42.6 Å². The summed E-state index contributed by atoms with van der Waals surface area (Å²) in [4.78, 5) is 8.66. The van der Waals surface area contributed by atoms with Gasteiger partial charge in [-0.15, -0.1) is 0 Å². The monoisotopic (exact) mass is 288 g/mol. The molecule has 4 heteroatoms. The van der Waals surface area contributed by atoms with Crippen molar-refractivity contribution in [3.8, 4) is 11.1 Å². The summed E-state index contributed by atoms with van der Waals surface area (Å²) < 4.78 is 0. The normalized spacial score (nSPS) is 10.9. The minimum absolute atomic E-state index is 0.403. The minimum atomic E-state index is 0.403. The topological polar surface area (TPSA) is 25.8 Å². The number of rotatable bonds is 1. The number of hydrogen-bond acceptors (Lipinski definition) is 2. The maximum Gasteiger partial charge on any atom is 0.139 e. The van der Waals surface area contributed by atoms with Crippen molar-refractivity contribution >= 4 is 34.2 Å². The van der Waals surface area contributed by atoms with E-state index >= 15 is 0 Å². The van der Waals surface area contributed by atoms with Crippen LogP contribution >= 0.6 is 23.2 Å². The van der Waals surface area contributed by atoms with Crippen molar-refractivity contribution in [1.82, 2.24) is 9.97 Å². The average Bonchev–Trinajstić information content (AvgIpc) is 2.41. The molecule has 0 amide bonds. The minimum Gasteiger partial charge on any atom is -0.253 e. The Morgan fingerprint density at radius 3 is 2.58 bits per heavy atom. The summed E-state index contributed by atoms with van der Waals surface area (Å²) in [6, 6.07) is 11.6. The van der Waals surface area contributed by atoms with Crippen molar-refractivity contribution < 1.29 is 0 Å². The molecule has 0 radical (unpaired) electrons. The van der Waals surface area contributed by atoms with E-state index in [1.54, 1.807) is 6.20 Å². The number of nitrogens with zero attached hydrogens (tertiary/aromatic N) is 2. The number of hydrogen-bond donors (Lipinski definition) is 0. The van der Waals surface area contributed by atoms with Crippen molar-refractivity contribution in [2.45, 2.75) is 6.92 Å². The molecule has 3 aromatic rings. The molecule has 0 atom stereocenters. The molecule has 0 fully saturated rings. The van der Waals surface area contributed by atoms with E-state index in [4.69, 9.17) is 23.2 Å². The van der Waals surface area contributed by atoms with Crippen LogP contribution in [0.4, 0.5) is 0 Å². The first kappa shape index (κ1) is 12.4. The number of aryl methyl sites for hydroxylation is 1. The van der Waals surface area contributed by atoms with Crippen LogP contribution in [0.1, 0.15) is 5.56 Å². The first-order valence-corrected chi connectivity index (χ1v) is 6.60. The Balaban J connectivity index is 2.39. The molecule has 0 aliphatic heterocycles. The van der Waals surface area contributed by atoms with Crippen LogP contribution in [-0.4, -0.2) is 9.97 Å². The van der Waals surface area contributed by atoms with Crippen LogP contribution < -0.4 is 0 Å². The molecule has 0 bridgehead atoms. The smallest absolute Gasteiger partial charge is 0.139 e. The first-order valence-electron chi connectivity index (χ1n) is 5.84. The van der Waals surface area contributed by atoms with Crippen LogP contribution in [0.3, 0.4) is 0 Å². The quantitative estimate of drug-likeness (QED) is 0.595. The van der Waals surface area contributed by atoms with Crippen LogP contribution in [0.25, 0.3) is 22.2 Å². The molecule has 3 rings (SSSR count). The highest BCUT2D eigenvalue weighted by Gasteiger charge is 2.16. The lowest BCUT2D eigenvalue weighted by molar-refractivity contribution is 1.33. The fourth-order valence-corrected chi connectivity index (χ4v) is 2.78. The Morgan fingerprint density at radius 1 is 1.00 bits per heavy atom. The molecule has 0 N–H and O–H groups in total. The first-order chi connectivity index (χ1) is 9.18. The highest BCUT2D eigenvalue weighted by Crippen LogP contribution is 2.38. The second-order valence-corrected chi connectivity index (χ2v) is 5.01. The van der Waals surface area contributed by atoms with Gasteiger partial charge in [0.05, 0.1) is 10.5 Å². The summed E-state index contributed by atoms with van der Waals surface area (Å²) in [6.45, 7) is 2.02. The maximum atomic E-state index is 6.47. The number of halogens is 2. The summed E-state index contributed by atoms with van der Waals surface area (Å²) in [6.07, 6.45) is 1.70. The van der Waals surface area contributed by atoms with Crippen molar-refractivity contribution in [2.75, 3.05) is 0 Å². The molecule has 19 heavy (non-hydrogen) atoms. The summed E-state index contributed by atoms with van der Waals surface area (Å²) >= 11 is 12.8. The van der Waals surface area contributed by atoms with Gasteiger partial charge in [-0.25, -0.2) is 4.98 Å². The third kappa shape index (κ3) is 2.07. The molecule has 2 aromatic heterocycles. The predicted molar refractivity (Wildman–Crippen MR) is 79.7 cm³/mol. The van der Waals surface area contributed by atoms with E-state index in [0.717, 1.165) is 16.7 Å². The fraction of sp³-hybridized carbons (Fsp3) is 0.0667. The summed E-state index contributed by atoms with van der Waals surface area (Å²) in [5.74, 6) is 0. The van der Waals surface area contributed by atoms with Crippen LogP contribution in [0, 0.1) is 6.92 Å². The number of pyridine rings is 2. The van der Waals surface area contributed by atoms with Crippen LogP contribution in [0.2, 0.25) is 10.2 Å². The van der Waals surface area contributed by atoms with E-state index in [0.29, 0.717) is 21.2 Å². The average molecular weight is 289 g/mol. The predicted octanol–water partition coefficient (Wildman–Crippen LogP) is 4.91. The van der Waals surface area contributed by atoms with Crippen molar-refractivity contribution in [1.29, 1.82) is 0 Å². The van der Waals surface area contributed by atoms with E-state index in [2.05, 4.69) is 9.97 Å². The summed E-state index contributed by atoms with van der Waals surface area (Å²) in [7, 11) is 0. The maximum absolute atomic E-state index is 6.47. The van der Waals surface area contributed by atoms with Gasteiger partial charge >= 0.3 is 0 Å². The lowest BCUT2D eigenvalue weighted by Crippen LogP contribution is -1.92. The molecule has 0 aliphatic rings. The Hall–Kier alpha value is -1.64. The van der Waals surface area contributed by atoms with Crippen molar-refractivity contribution in [3.05, 3.63) is 58.3 Å². The zero-order chi connectivity index (χ0) is 13.4. The van der Waals surface area contributed by atoms with Gasteiger partial charge in [0.1, 0.15) is 10.7 Å². The van der Waals surface area contributed by atoms with E-state index in [9.17, 15) is 0 Å². The summed E-state index contributed by atoms with van der Waals surface area (Å²) in [5.41, 5.74) is 4.20. The second-order valence-electron chi connectivity index (χ2n) is 4.28. The molecule has 2 heterocycles. The molecule has 0 unspecified atom stereocenters. The third-order valence-electron chi connectivity index (χ3n) is 3.05. The van der Waals surface area contributed by atoms with Gasteiger partial charge in [-0.05, 0) is 30.2 Å². The van der Waals surface area contributed by atoms with Gasteiger partial charge in [-0.2, -0.15) is 0 Å². The molecule has 0 saturated heterocycles. The summed E-state index contributed by atoms with van der Waals surface area (Å²) in [5, 5.41) is 0.949. The fourth-order valence-electron chi connectivity index (χ4n) is 2.11. The lowest BCUT2D eigenvalue weighted by atomic mass is 10.0. The van der Waals surface area contributed by atoms with Gasteiger partial charge in [0.2, 0.25) is 0 Å². The molecule has 0 spiro atoms. The largest absolute Gasteiger partial charge is 0.253 e. The molecule has 1 aromatic carbocycles. The zero-order valence-electron chi connectivity index (χ0n) is 10.2. The number of benzene rings is 1. The molecular weight excluding hydrogens is 279 g/mol. The van der Waals surface area contributed by atoms with Gasteiger partial charge < -0.3 is 0 Å². The van der Waals surface area contributed by atoms with E-state index in [-0.39, 0.29) is 0 Å². The van der Waals surface area contributed by atoms with Gasteiger partial charge in [0.25, 0.3) is 0 Å². The van der Waals surface area contributed by atoms with Gasteiger partial charge in [0, 0.05) is 11.8 Å². The highest BCUT2D eigenvalue weighted by atomic mass is 35.5. The lowest BCUT2D eigenvalue weighted by Gasteiger charge is -2.11. The SMILES string of the molecule is Cc1ccccc1-c1c(Cl)nc2cccnc2c1Cl. The van der Waals surface area contributed by atoms with Crippen molar-refractivity contribution in [3.63, 3.8) is 0 Å². The number of aromatic nitrogens is 2. The Labute approximate surface area is 121 Å². The van der Waals surface area contributed by atoms with E-state index in [1.165, 1.54) is 0 Å². The molecular formula is C15H10Cl2N2. The second kappa shape index (κ2) is 4.80. The molecule has 0 saturated carbocycles. The molecule has 94 valence electrons. The molecule has 0 aliphatic carbocycles. The van der Waals surface area contributed by atoms with Crippen LogP contribution in [-0.2, 0) is 0 Å². The zero-order valence-corrected chi connectivity index (χ0v) is 11.7.